The largest absolute Gasteiger partial charge is 0.465 e. The van der Waals surface area contributed by atoms with Crippen LogP contribution in [0.2, 0.25) is 0 Å². The molecular formula is C18H19NO4S. The molecule has 0 amide bonds. The van der Waals surface area contributed by atoms with Crippen molar-refractivity contribution in [1.82, 2.24) is 4.31 Å². The lowest BCUT2D eigenvalue weighted by atomic mass is 9.94. The van der Waals surface area contributed by atoms with Crippen molar-refractivity contribution in [2.45, 2.75) is 11.3 Å². The predicted molar refractivity (Wildman–Crippen MR) is 90.2 cm³/mol. The van der Waals surface area contributed by atoms with E-state index in [2.05, 4.69) is 16.9 Å². The number of hydrogen-bond donors (Lipinski definition) is 0. The number of sulfonamides is 1. The lowest BCUT2D eigenvalue weighted by Gasteiger charge is -2.38. The zero-order valence-electron chi connectivity index (χ0n) is 13.4. The lowest BCUT2D eigenvalue weighted by Crippen LogP contribution is -2.50. The van der Waals surface area contributed by atoms with Gasteiger partial charge in [0.05, 0.1) is 17.6 Å². The quantitative estimate of drug-likeness (QED) is 0.780. The second-order valence-corrected chi connectivity index (χ2v) is 7.83. The fourth-order valence-corrected chi connectivity index (χ4v) is 4.42. The third-order valence-electron chi connectivity index (χ3n) is 4.20. The molecule has 5 nitrogen and oxygen atoms in total. The molecule has 3 rings (SSSR count). The summed E-state index contributed by atoms with van der Waals surface area (Å²) in [5.74, 6) is -0.137. The van der Waals surface area contributed by atoms with Crippen molar-refractivity contribution in [3.63, 3.8) is 0 Å². The molecule has 0 saturated carbocycles. The number of benzene rings is 2. The third kappa shape index (κ3) is 3.34. The highest BCUT2D eigenvalue weighted by Gasteiger charge is 2.36. The Hall–Kier alpha value is -2.18. The molecule has 1 heterocycles. The molecule has 1 aliphatic rings. The van der Waals surface area contributed by atoms with Crippen LogP contribution in [0.15, 0.2) is 59.5 Å². The second kappa shape index (κ2) is 6.75. The van der Waals surface area contributed by atoms with Gasteiger partial charge in [0.15, 0.2) is 0 Å². The maximum Gasteiger partial charge on any atom is 0.337 e. The maximum absolute atomic E-state index is 12.6. The number of carbonyl (C=O) groups excluding carboxylic acids is 1. The molecule has 126 valence electrons. The van der Waals surface area contributed by atoms with Gasteiger partial charge >= 0.3 is 5.97 Å². The molecule has 0 bridgehead atoms. The van der Waals surface area contributed by atoms with Crippen molar-refractivity contribution >= 4 is 16.0 Å². The Labute approximate surface area is 141 Å². The Kier molecular flexibility index (Phi) is 4.69. The van der Waals surface area contributed by atoms with E-state index in [1.165, 1.54) is 41.2 Å². The van der Waals surface area contributed by atoms with Gasteiger partial charge in [-0.05, 0) is 42.2 Å². The molecule has 1 saturated heterocycles. The molecule has 0 N–H and O–H groups in total. The Bertz CT molecular complexity index is 810. The van der Waals surface area contributed by atoms with E-state index in [0.717, 1.165) is 6.42 Å². The van der Waals surface area contributed by atoms with Crippen LogP contribution in [0.25, 0.3) is 0 Å². The summed E-state index contributed by atoms with van der Waals surface area (Å²) in [5.41, 5.74) is 1.56. The van der Waals surface area contributed by atoms with E-state index in [1.54, 1.807) is 0 Å². The van der Waals surface area contributed by atoms with Gasteiger partial charge in [-0.1, -0.05) is 30.3 Å². The number of ether oxygens (including phenoxy) is 1. The van der Waals surface area contributed by atoms with Gasteiger partial charge in [-0.3, -0.25) is 0 Å². The fraction of sp³-hybridized carbons (Fsp3) is 0.278. The highest BCUT2D eigenvalue weighted by molar-refractivity contribution is 7.89. The van der Waals surface area contributed by atoms with Crippen molar-refractivity contribution in [3.8, 4) is 0 Å². The number of carbonyl (C=O) groups is 1. The van der Waals surface area contributed by atoms with E-state index in [4.69, 9.17) is 0 Å². The highest BCUT2D eigenvalue weighted by atomic mass is 32.2. The average Bonchev–Trinajstić information content (AvgIpc) is 2.58. The zero-order chi connectivity index (χ0) is 17.2. The van der Waals surface area contributed by atoms with Gasteiger partial charge in [0.2, 0.25) is 10.0 Å². The minimum absolute atomic E-state index is 0.202. The molecule has 0 aromatic heterocycles. The molecular weight excluding hydrogens is 326 g/mol. The first-order chi connectivity index (χ1) is 11.5. The summed E-state index contributed by atoms with van der Waals surface area (Å²) < 4.78 is 31.2. The van der Waals surface area contributed by atoms with Crippen molar-refractivity contribution < 1.29 is 17.9 Å². The van der Waals surface area contributed by atoms with Crippen LogP contribution < -0.4 is 0 Å². The van der Waals surface area contributed by atoms with E-state index >= 15 is 0 Å². The Balaban J connectivity index is 1.64. The minimum atomic E-state index is -3.50. The van der Waals surface area contributed by atoms with E-state index in [0.29, 0.717) is 24.6 Å². The van der Waals surface area contributed by atoms with Gasteiger partial charge < -0.3 is 4.74 Å². The summed E-state index contributed by atoms with van der Waals surface area (Å²) in [6.45, 7) is 1.05. The normalized spacial score (nSPS) is 15.7. The maximum atomic E-state index is 12.6. The van der Waals surface area contributed by atoms with Crippen LogP contribution in [0, 0.1) is 5.92 Å². The van der Waals surface area contributed by atoms with E-state index in [9.17, 15) is 13.2 Å². The summed E-state index contributed by atoms with van der Waals surface area (Å²) in [6.07, 6.45) is 0.883. The van der Waals surface area contributed by atoms with Gasteiger partial charge in [0, 0.05) is 13.1 Å². The predicted octanol–water partition coefficient (Wildman–Crippen LogP) is 2.34. The van der Waals surface area contributed by atoms with Gasteiger partial charge in [-0.15, -0.1) is 0 Å². The Morgan fingerprint density at radius 1 is 1.08 bits per heavy atom. The molecule has 0 atom stereocenters. The molecule has 24 heavy (non-hydrogen) atoms. The Morgan fingerprint density at radius 2 is 1.71 bits per heavy atom. The highest BCUT2D eigenvalue weighted by Crippen LogP contribution is 2.27. The van der Waals surface area contributed by atoms with Crippen LogP contribution in [0.5, 0.6) is 0 Å². The summed E-state index contributed by atoms with van der Waals surface area (Å²) in [5, 5.41) is 0. The van der Waals surface area contributed by atoms with Crippen LogP contribution in [0.1, 0.15) is 15.9 Å². The van der Waals surface area contributed by atoms with Gasteiger partial charge in [-0.2, -0.15) is 4.31 Å². The molecule has 1 aliphatic heterocycles. The molecule has 6 heteroatoms. The number of esters is 1. The number of nitrogens with zero attached hydrogens (tertiary/aromatic N) is 1. The molecule has 0 radical (unpaired) electrons. The van der Waals surface area contributed by atoms with E-state index in [1.807, 2.05) is 18.2 Å². The summed E-state index contributed by atoms with van der Waals surface area (Å²) in [7, 11) is -2.20. The summed E-state index contributed by atoms with van der Waals surface area (Å²) in [6, 6.07) is 15.9. The molecule has 0 unspecified atom stereocenters. The lowest BCUT2D eigenvalue weighted by molar-refractivity contribution is 0.0600. The second-order valence-electron chi connectivity index (χ2n) is 5.89. The molecule has 2 aromatic rings. The van der Waals surface area contributed by atoms with Crippen molar-refractivity contribution in [2.24, 2.45) is 5.92 Å². The van der Waals surface area contributed by atoms with Crippen LogP contribution in [-0.4, -0.2) is 38.9 Å². The van der Waals surface area contributed by atoms with Crippen LogP contribution in [0.3, 0.4) is 0 Å². The van der Waals surface area contributed by atoms with Gasteiger partial charge in [0.25, 0.3) is 0 Å². The number of rotatable bonds is 5. The molecule has 0 spiro atoms. The first-order valence-electron chi connectivity index (χ1n) is 7.73. The summed E-state index contributed by atoms with van der Waals surface area (Å²) >= 11 is 0. The smallest absolute Gasteiger partial charge is 0.337 e. The van der Waals surface area contributed by atoms with E-state index in [-0.39, 0.29) is 4.90 Å². The average molecular weight is 345 g/mol. The first kappa shape index (κ1) is 16.7. The van der Waals surface area contributed by atoms with Gasteiger partial charge in [-0.25, -0.2) is 13.2 Å². The molecule has 0 aliphatic carbocycles. The van der Waals surface area contributed by atoms with Crippen molar-refractivity contribution in [3.05, 3.63) is 65.7 Å². The third-order valence-corrected chi connectivity index (χ3v) is 6.05. The topological polar surface area (TPSA) is 63.7 Å². The molecule has 2 aromatic carbocycles. The van der Waals surface area contributed by atoms with Gasteiger partial charge in [0.1, 0.15) is 0 Å². The zero-order valence-corrected chi connectivity index (χ0v) is 14.2. The van der Waals surface area contributed by atoms with Crippen molar-refractivity contribution in [2.75, 3.05) is 20.2 Å². The summed E-state index contributed by atoms with van der Waals surface area (Å²) in [4.78, 5) is 11.6. The monoisotopic (exact) mass is 345 g/mol. The molecule has 1 fully saturated rings. The number of methoxy groups -OCH3 is 1. The standard InChI is InChI=1S/C18H19NO4S/c1-23-18(20)16-7-9-17(10-8-16)24(21,22)19-12-15(13-19)11-14-5-3-2-4-6-14/h2-10,15H,11-13H2,1H3. The van der Waals surface area contributed by atoms with Crippen molar-refractivity contribution in [1.29, 1.82) is 0 Å². The van der Waals surface area contributed by atoms with Crippen LogP contribution >= 0.6 is 0 Å². The van der Waals surface area contributed by atoms with Crippen LogP contribution in [-0.2, 0) is 21.2 Å². The minimum Gasteiger partial charge on any atom is -0.465 e. The fourth-order valence-electron chi connectivity index (χ4n) is 2.83. The number of hydrogen-bond acceptors (Lipinski definition) is 4. The SMILES string of the molecule is COC(=O)c1ccc(S(=O)(=O)N2CC(Cc3ccccc3)C2)cc1. The first-order valence-corrected chi connectivity index (χ1v) is 9.17. The Morgan fingerprint density at radius 3 is 2.29 bits per heavy atom. The van der Waals surface area contributed by atoms with E-state index < -0.39 is 16.0 Å². The van der Waals surface area contributed by atoms with Crippen LogP contribution in [0.4, 0.5) is 0 Å².